The summed E-state index contributed by atoms with van der Waals surface area (Å²) in [6.07, 6.45) is 14.7. The van der Waals surface area contributed by atoms with Crippen LogP contribution in [0.15, 0.2) is 54.4 Å². The van der Waals surface area contributed by atoms with E-state index >= 15 is 0 Å². The largest absolute Gasteiger partial charge is 0.368 e. The summed E-state index contributed by atoms with van der Waals surface area (Å²) < 4.78 is 1.97. The van der Waals surface area contributed by atoms with Crippen molar-refractivity contribution in [1.82, 2.24) is 24.7 Å². The molecule has 4 heterocycles. The first kappa shape index (κ1) is 17.8. The minimum Gasteiger partial charge on any atom is -0.368 e. The van der Waals surface area contributed by atoms with Gasteiger partial charge < -0.3 is 14.8 Å². The molecule has 1 aromatic rings. The van der Waals surface area contributed by atoms with Crippen LogP contribution in [0.2, 0.25) is 0 Å². The van der Waals surface area contributed by atoms with Gasteiger partial charge in [-0.25, -0.2) is 4.98 Å². The third-order valence-corrected chi connectivity index (χ3v) is 5.40. The highest BCUT2D eigenvalue weighted by Gasteiger charge is 2.25. The average molecular weight is 365 g/mol. The fourth-order valence-electron chi connectivity index (χ4n) is 3.86. The summed E-state index contributed by atoms with van der Waals surface area (Å²) in [5, 5.41) is 3.46. The van der Waals surface area contributed by atoms with Gasteiger partial charge in [0, 0.05) is 61.5 Å². The Morgan fingerprint density at radius 3 is 2.78 bits per heavy atom. The molecule has 0 bridgehead atoms. The molecule has 0 radical (unpaired) electrons. The van der Waals surface area contributed by atoms with Gasteiger partial charge in [-0.05, 0) is 32.4 Å². The molecule has 6 nitrogen and oxygen atoms in total. The Labute approximate surface area is 160 Å². The number of carbonyl (C=O) groups is 1. The maximum atomic E-state index is 13.1. The highest BCUT2D eigenvalue weighted by molar-refractivity contribution is 5.95. The van der Waals surface area contributed by atoms with Crippen molar-refractivity contribution < 1.29 is 4.79 Å². The number of nitrogens with zero attached hydrogens (tertiary/aromatic N) is 4. The third-order valence-electron chi connectivity index (χ3n) is 5.40. The summed E-state index contributed by atoms with van der Waals surface area (Å²) in [7, 11) is 0. The number of allylic oxidation sites excluding steroid dienone is 4. The van der Waals surface area contributed by atoms with Crippen molar-refractivity contribution in [2.24, 2.45) is 5.92 Å². The van der Waals surface area contributed by atoms with Crippen LogP contribution in [0.1, 0.15) is 26.0 Å². The first-order chi connectivity index (χ1) is 13.0. The number of aryl methyl sites for hydroxylation is 1. The van der Waals surface area contributed by atoms with Crippen molar-refractivity contribution in [2.45, 2.75) is 33.2 Å². The number of rotatable bonds is 2. The van der Waals surface area contributed by atoms with Gasteiger partial charge in [-0.2, -0.15) is 0 Å². The lowest BCUT2D eigenvalue weighted by molar-refractivity contribution is -0.122. The Hall–Kier alpha value is -2.60. The molecule has 0 aliphatic carbocycles. The lowest BCUT2D eigenvalue weighted by Gasteiger charge is -2.36. The topological polar surface area (TPSA) is 53.4 Å². The van der Waals surface area contributed by atoms with Crippen LogP contribution in [0, 0.1) is 12.8 Å². The van der Waals surface area contributed by atoms with E-state index < -0.39 is 0 Å². The van der Waals surface area contributed by atoms with Gasteiger partial charge in [0.1, 0.15) is 0 Å². The van der Waals surface area contributed by atoms with Crippen LogP contribution in [0.4, 0.5) is 0 Å². The Morgan fingerprint density at radius 1 is 1.22 bits per heavy atom. The maximum Gasteiger partial charge on any atom is 0.256 e. The molecule has 3 aliphatic rings. The number of hydrogen-bond acceptors (Lipinski definition) is 4. The van der Waals surface area contributed by atoms with Gasteiger partial charge in [-0.1, -0.05) is 13.0 Å². The quantitative estimate of drug-likeness (QED) is 0.875. The minimum atomic E-state index is -0.0146. The van der Waals surface area contributed by atoms with E-state index in [1.807, 2.05) is 23.9 Å². The molecular formula is C21H27N5O. The second-order valence-electron chi connectivity index (χ2n) is 7.65. The maximum absolute atomic E-state index is 13.1. The zero-order chi connectivity index (χ0) is 19.0. The van der Waals surface area contributed by atoms with Gasteiger partial charge in [0.05, 0.1) is 17.7 Å². The van der Waals surface area contributed by atoms with Gasteiger partial charge in [0.25, 0.3) is 5.91 Å². The summed E-state index contributed by atoms with van der Waals surface area (Å²) in [4.78, 5) is 21.5. The van der Waals surface area contributed by atoms with Crippen LogP contribution in [-0.4, -0.2) is 50.9 Å². The predicted octanol–water partition coefficient (Wildman–Crippen LogP) is 2.49. The third kappa shape index (κ3) is 3.62. The summed E-state index contributed by atoms with van der Waals surface area (Å²) in [6, 6.07) is 0.449. The zero-order valence-corrected chi connectivity index (χ0v) is 16.2. The summed E-state index contributed by atoms with van der Waals surface area (Å²) >= 11 is 0. The molecule has 0 saturated carbocycles. The van der Waals surface area contributed by atoms with Gasteiger partial charge in [-0.15, -0.1) is 0 Å². The van der Waals surface area contributed by atoms with E-state index in [9.17, 15) is 4.79 Å². The molecule has 1 saturated heterocycles. The van der Waals surface area contributed by atoms with Crippen molar-refractivity contribution in [3.05, 3.63) is 60.1 Å². The van der Waals surface area contributed by atoms with Crippen LogP contribution >= 0.6 is 0 Å². The van der Waals surface area contributed by atoms with Crippen LogP contribution in [0.3, 0.4) is 0 Å². The Balaban J connectivity index is 1.64. The molecule has 1 amide bonds. The number of amides is 1. The number of aromatic nitrogens is 2. The average Bonchev–Trinajstić information content (AvgIpc) is 3.09. The van der Waals surface area contributed by atoms with Crippen LogP contribution < -0.4 is 5.32 Å². The predicted molar refractivity (Wildman–Crippen MR) is 106 cm³/mol. The van der Waals surface area contributed by atoms with Crippen LogP contribution in [-0.2, 0) is 4.79 Å². The number of imidazole rings is 1. The molecule has 0 aromatic carbocycles. The summed E-state index contributed by atoms with van der Waals surface area (Å²) in [5.41, 5.74) is 3.98. The number of fused-ring (bicyclic) bond motifs is 1. The SMILES string of the molecule is Cc1cn(C2=CC(=O)N3C=C(N4CCNC(C)C4)C=CC3=CCC2C)cn1. The van der Waals surface area contributed by atoms with E-state index in [0.717, 1.165) is 48.8 Å². The van der Waals surface area contributed by atoms with Crippen LogP contribution in [0.25, 0.3) is 5.70 Å². The standard InChI is InChI=1S/C21H27N5O/c1-15-4-5-18-6-7-19(24-9-8-22-16(2)11-24)13-26(18)21(27)10-20(15)25-12-17(3)23-14-25/h5-7,10,12-16,22H,4,8-9,11H2,1-3H3. The fourth-order valence-corrected chi connectivity index (χ4v) is 3.86. The molecule has 4 rings (SSSR count). The van der Waals surface area contributed by atoms with E-state index in [1.165, 1.54) is 0 Å². The number of carbonyl (C=O) groups excluding carboxylic acids is 1. The molecule has 1 fully saturated rings. The fraction of sp³-hybridized carbons (Fsp3) is 0.429. The first-order valence-electron chi connectivity index (χ1n) is 9.65. The van der Waals surface area contributed by atoms with Crippen LogP contribution in [0.5, 0.6) is 0 Å². The van der Waals surface area contributed by atoms with E-state index in [-0.39, 0.29) is 11.8 Å². The lowest BCUT2D eigenvalue weighted by Crippen LogP contribution is -2.49. The summed E-state index contributed by atoms with van der Waals surface area (Å²) in [6.45, 7) is 9.16. The molecule has 142 valence electrons. The minimum absolute atomic E-state index is 0.0146. The molecular weight excluding hydrogens is 338 g/mol. The van der Waals surface area contributed by atoms with E-state index in [1.54, 1.807) is 17.3 Å². The molecule has 6 heteroatoms. The van der Waals surface area contributed by atoms with Gasteiger partial charge in [-0.3, -0.25) is 9.69 Å². The molecule has 2 unspecified atom stereocenters. The Kier molecular flexibility index (Phi) is 4.74. The number of piperazine rings is 1. The van der Waals surface area contributed by atoms with E-state index in [4.69, 9.17) is 0 Å². The zero-order valence-electron chi connectivity index (χ0n) is 16.2. The second kappa shape index (κ2) is 7.19. The lowest BCUT2D eigenvalue weighted by atomic mass is 9.99. The Bertz CT molecular complexity index is 860. The highest BCUT2D eigenvalue weighted by Crippen LogP contribution is 2.28. The highest BCUT2D eigenvalue weighted by atomic mass is 16.2. The van der Waals surface area contributed by atoms with Gasteiger partial charge in [0.15, 0.2) is 0 Å². The molecule has 1 aromatic heterocycles. The van der Waals surface area contributed by atoms with Gasteiger partial charge in [0.2, 0.25) is 0 Å². The van der Waals surface area contributed by atoms with E-state index in [2.05, 4.69) is 47.3 Å². The summed E-state index contributed by atoms with van der Waals surface area (Å²) in [5.74, 6) is 0.226. The smallest absolute Gasteiger partial charge is 0.256 e. The monoisotopic (exact) mass is 365 g/mol. The molecule has 2 atom stereocenters. The van der Waals surface area contributed by atoms with E-state index in [0.29, 0.717) is 6.04 Å². The van der Waals surface area contributed by atoms with Crippen molar-refractivity contribution in [2.75, 3.05) is 19.6 Å². The van der Waals surface area contributed by atoms with Crippen molar-refractivity contribution in [3.8, 4) is 0 Å². The van der Waals surface area contributed by atoms with Crippen molar-refractivity contribution in [3.63, 3.8) is 0 Å². The second-order valence-corrected chi connectivity index (χ2v) is 7.65. The number of hydrogen-bond donors (Lipinski definition) is 1. The first-order valence-corrected chi connectivity index (χ1v) is 9.65. The Morgan fingerprint density at radius 2 is 2.04 bits per heavy atom. The van der Waals surface area contributed by atoms with Crippen molar-refractivity contribution in [1.29, 1.82) is 0 Å². The number of nitrogens with one attached hydrogen (secondary N) is 1. The van der Waals surface area contributed by atoms with Crippen molar-refractivity contribution >= 4 is 11.6 Å². The molecule has 0 spiro atoms. The molecule has 1 N–H and O–H groups in total. The molecule has 27 heavy (non-hydrogen) atoms. The normalized spacial score (nSPS) is 26.0. The van der Waals surface area contributed by atoms with Gasteiger partial charge >= 0.3 is 0 Å². The molecule has 3 aliphatic heterocycles.